The Morgan fingerprint density at radius 1 is 0.375 bits per heavy atom. The number of furan rings is 1. The highest BCUT2D eigenvalue weighted by atomic mass is 35.5. The summed E-state index contributed by atoms with van der Waals surface area (Å²) in [6.07, 6.45) is 0. The van der Waals surface area contributed by atoms with Gasteiger partial charge in [0.25, 0.3) is 0 Å². The predicted octanol–water partition coefficient (Wildman–Crippen LogP) is 11.9. The van der Waals surface area contributed by atoms with Crippen molar-refractivity contribution in [2.45, 2.75) is 0 Å². The maximum atomic E-state index is 6.45. The standard InChI is InChI=1S/C43H26ClN3O/c44-35-22-19-31-20-24-39-40(36(31)26-35)37-25-34(21-23-38(37)48-39)43-46-41(32-15-11-29(12-16-32)27-7-3-1-4-8-27)45-42(47-43)33-17-13-30(14-18-33)28-9-5-2-6-10-28/h1-26H. The summed E-state index contributed by atoms with van der Waals surface area (Å²) < 4.78 is 6.28. The van der Waals surface area contributed by atoms with Crippen molar-refractivity contribution in [2.75, 3.05) is 0 Å². The smallest absolute Gasteiger partial charge is 0.164 e. The molecular weight excluding hydrogens is 610 g/mol. The van der Waals surface area contributed by atoms with Gasteiger partial charge < -0.3 is 4.42 Å². The molecule has 4 nitrogen and oxygen atoms in total. The van der Waals surface area contributed by atoms with E-state index in [0.717, 1.165) is 71.7 Å². The number of rotatable bonds is 5. The van der Waals surface area contributed by atoms with Crippen molar-refractivity contribution >= 4 is 44.3 Å². The Bertz CT molecular complexity index is 2500. The molecule has 0 aliphatic rings. The quantitative estimate of drug-likeness (QED) is 0.189. The predicted molar refractivity (Wildman–Crippen MR) is 197 cm³/mol. The number of nitrogens with zero attached hydrogens (tertiary/aromatic N) is 3. The second-order valence-electron chi connectivity index (χ2n) is 11.8. The molecule has 0 saturated carbocycles. The van der Waals surface area contributed by atoms with Gasteiger partial charge in [-0.05, 0) is 69.4 Å². The molecule has 5 heteroatoms. The highest BCUT2D eigenvalue weighted by Gasteiger charge is 2.16. The fourth-order valence-corrected chi connectivity index (χ4v) is 6.53. The summed E-state index contributed by atoms with van der Waals surface area (Å²) in [5.74, 6) is 1.80. The molecule has 2 heterocycles. The second-order valence-corrected chi connectivity index (χ2v) is 12.2. The summed E-state index contributed by atoms with van der Waals surface area (Å²) in [4.78, 5) is 15.1. The molecule has 7 aromatic carbocycles. The van der Waals surface area contributed by atoms with Crippen molar-refractivity contribution < 1.29 is 4.42 Å². The number of aromatic nitrogens is 3. The first-order chi connectivity index (χ1) is 23.7. The van der Waals surface area contributed by atoms with Crippen LogP contribution in [0.2, 0.25) is 5.02 Å². The fraction of sp³-hybridized carbons (Fsp3) is 0. The molecule has 0 bridgehead atoms. The molecule has 0 fully saturated rings. The normalized spacial score (nSPS) is 11.4. The lowest BCUT2D eigenvalue weighted by molar-refractivity contribution is 0.669. The zero-order valence-electron chi connectivity index (χ0n) is 25.6. The number of fused-ring (bicyclic) bond motifs is 5. The van der Waals surface area contributed by atoms with Gasteiger partial charge in [0.2, 0.25) is 0 Å². The topological polar surface area (TPSA) is 51.8 Å². The molecule has 0 unspecified atom stereocenters. The number of hydrogen-bond acceptors (Lipinski definition) is 4. The molecule has 0 amide bonds. The van der Waals surface area contributed by atoms with Crippen molar-refractivity contribution in [1.82, 2.24) is 15.0 Å². The van der Waals surface area contributed by atoms with E-state index in [0.29, 0.717) is 22.5 Å². The molecule has 0 atom stereocenters. The van der Waals surface area contributed by atoms with Crippen LogP contribution in [-0.2, 0) is 0 Å². The zero-order chi connectivity index (χ0) is 32.0. The molecule has 9 aromatic rings. The van der Waals surface area contributed by atoms with E-state index in [1.807, 2.05) is 72.8 Å². The van der Waals surface area contributed by atoms with E-state index in [1.165, 1.54) is 0 Å². The van der Waals surface area contributed by atoms with Gasteiger partial charge in [0.05, 0.1) is 0 Å². The lowest BCUT2D eigenvalue weighted by atomic mass is 10.0. The average Bonchev–Trinajstić information content (AvgIpc) is 3.54. The van der Waals surface area contributed by atoms with Gasteiger partial charge in [-0.15, -0.1) is 0 Å². The van der Waals surface area contributed by atoms with Crippen molar-refractivity contribution in [3.63, 3.8) is 0 Å². The van der Waals surface area contributed by atoms with Gasteiger partial charge in [-0.1, -0.05) is 133 Å². The Labute approximate surface area is 282 Å². The van der Waals surface area contributed by atoms with Crippen LogP contribution < -0.4 is 0 Å². The average molecular weight is 636 g/mol. The molecule has 0 radical (unpaired) electrons. The van der Waals surface area contributed by atoms with Crippen molar-refractivity contribution in [3.05, 3.63) is 163 Å². The van der Waals surface area contributed by atoms with E-state index < -0.39 is 0 Å². The summed E-state index contributed by atoms with van der Waals surface area (Å²) in [6.45, 7) is 0. The zero-order valence-corrected chi connectivity index (χ0v) is 26.4. The van der Waals surface area contributed by atoms with Crippen LogP contribution in [0.1, 0.15) is 0 Å². The molecule has 226 valence electrons. The van der Waals surface area contributed by atoms with Gasteiger partial charge in [0, 0.05) is 32.5 Å². The van der Waals surface area contributed by atoms with Gasteiger partial charge >= 0.3 is 0 Å². The number of hydrogen-bond donors (Lipinski definition) is 0. The molecule has 0 aliphatic heterocycles. The highest BCUT2D eigenvalue weighted by molar-refractivity contribution is 6.32. The van der Waals surface area contributed by atoms with E-state index in [2.05, 4.69) is 84.9 Å². The third-order valence-corrected chi connectivity index (χ3v) is 9.04. The lowest BCUT2D eigenvalue weighted by Gasteiger charge is -2.10. The molecule has 0 aliphatic carbocycles. The molecule has 9 rings (SSSR count). The van der Waals surface area contributed by atoms with Crippen LogP contribution >= 0.6 is 11.6 Å². The summed E-state index contributed by atoms with van der Waals surface area (Å²) in [7, 11) is 0. The second kappa shape index (κ2) is 11.6. The summed E-state index contributed by atoms with van der Waals surface area (Å²) in [5.41, 5.74) is 8.89. The molecule has 48 heavy (non-hydrogen) atoms. The largest absolute Gasteiger partial charge is 0.456 e. The minimum atomic E-state index is 0.587. The molecule has 0 saturated heterocycles. The first-order valence-corrected chi connectivity index (χ1v) is 16.2. The van der Waals surface area contributed by atoms with Gasteiger partial charge in [0.1, 0.15) is 11.2 Å². The Kier molecular flexibility index (Phi) is 6.81. The molecule has 0 N–H and O–H groups in total. The lowest BCUT2D eigenvalue weighted by Crippen LogP contribution is -2.00. The minimum Gasteiger partial charge on any atom is -0.456 e. The Hall–Kier alpha value is -6.10. The first-order valence-electron chi connectivity index (χ1n) is 15.8. The first kappa shape index (κ1) is 28.1. The van der Waals surface area contributed by atoms with Gasteiger partial charge in [-0.2, -0.15) is 0 Å². The summed E-state index contributed by atoms with van der Waals surface area (Å²) in [6, 6.07) is 53.6. The molecule has 2 aromatic heterocycles. The third kappa shape index (κ3) is 5.09. The van der Waals surface area contributed by atoms with E-state index >= 15 is 0 Å². The van der Waals surface area contributed by atoms with Crippen LogP contribution in [0.5, 0.6) is 0 Å². The van der Waals surface area contributed by atoms with E-state index in [1.54, 1.807) is 0 Å². The van der Waals surface area contributed by atoms with E-state index in [4.69, 9.17) is 31.0 Å². The van der Waals surface area contributed by atoms with Gasteiger partial charge in [-0.3, -0.25) is 0 Å². The molecular formula is C43H26ClN3O. The number of benzene rings is 7. The highest BCUT2D eigenvalue weighted by Crippen LogP contribution is 2.38. The van der Waals surface area contributed by atoms with Crippen LogP contribution in [0.3, 0.4) is 0 Å². The third-order valence-electron chi connectivity index (χ3n) is 8.81. The van der Waals surface area contributed by atoms with Crippen LogP contribution in [0, 0.1) is 0 Å². The van der Waals surface area contributed by atoms with E-state index in [9.17, 15) is 0 Å². The van der Waals surface area contributed by atoms with Crippen LogP contribution in [-0.4, -0.2) is 15.0 Å². The maximum Gasteiger partial charge on any atom is 0.164 e. The van der Waals surface area contributed by atoms with Crippen molar-refractivity contribution in [1.29, 1.82) is 0 Å². The van der Waals surface area contributed by atoms with Crippen molar-refractivity contribution in [3.8, 4) is 56.4 Å². The molecule has 0 spiro atoms. The van der Waals surface area contributed by atoms with E-state index in [-0.39, 0.29) is 0 Å². The fourth-order valence-electron chi connectivity index (χ4n) is 6.35. The maximum absolute atomic E-state index is 6.45. The van der Waals surface area contributed by atoms with Crippen LogP contribution in [0.4, 0.5) is 0 Å². The SMILES string of the molecule is Clc1ccc2ccc3oc4ccc(-c5nc(-c6ccc(-c7ccccc7)cc6)nc(-c6ccc(-c7ccccc7)cc6)n5)cc4c3c2c1. The number of halogens is 1. The summed E-state index contributed by atoms with van der Waals surface area (Å²) in [5, 5.41) is 4.84. The summed E-state index contributed by atoms with van der Waals surface area (Å²) >= 11 is 6.45. The monoisotopic (exact) mass is 635 g/mol. The Morgan fingerprint density at radius 3 is 1.42 bits per heavy atom. The Balaban J connectivity index is 1.20. The van der Waals surface area contributed by atoms with Gasteiger partial charge in [0.15, 0.2) is 17.5 Å². The van der Waals surface area contributed by atoms with Crippen LogP contribution in [0.25, 0.3) is 89.1 Å². The minimum absolute atomic E-state index is 0.587. The van der Waals surface area contributed by atoms with Crippen LogP contribution in [0.15, 0.2) is 162 Å². The van der Waals surface area contributed by atoms with Gasteiger partial charge in [-0.25, -0.2) is 15.0 Å². The van der Waals surface area contributed by atoms with Crippen molar-refractivity contribution in [2.24, 2.45) is 0 Å². The Morgan fingerprint density at radius 2 is 0.833 bits per heavy atom.